The van der Waals surface area contributed by atoms with Gasteiger partial charge in [-0.2, -0.15) is 8.42 Å². The first kappa shape index (κ1) is 12.5. The Kier molecular flexibility index (Phi) is 2.58. The van der Waals surface area contributed by atoms with E-state index in [1.165, 1.54) is 0 Å². The maximum atomic E-state index is 12.1. The van der Waals surface area contributed by atoms with Crippen LogP contribution in [0.2, 0.25) is 0 Å². The second kappa shape index (κ2) is 3.29. The molecule has 0 saturated heterocycles. The van der Waals surface area contributed by atoms with Gasteiger partial charge in [0.2, 0.25) is 0 Å². The lowest BCUT2D eigenvalue weighted by Crippen LogP contribution is -2.40. The normalized spacial score (nSPS) is 47.6. The van der Waals surface area contributed by atoms with Gasteiger partial charge < -0.3 is 0 Å². The highest BCUT2D eigenvalue weighted by atomic mass is 79.9. The van der Waals surface area contributed by atoms with Gasteiger partial charge in [0.15, 0.2) is 5.78 Å². The van der Waals surface area contributed by atoms with Crippen LogP contribution < -0.4 is 0 Å². The molecule has 92 valence electrons. The number of Topliss-reactive ketones (excluding diaryl/α,β-unsaturated/α-hetero) is 1. The molecule has 1 N–H and O–H groups in total. The molecule has 4 atom stereocenters. The standard InChI is InChI=1S/C10H15BrO4S/c1-9-4-3-6(7(11)8(9)12)10(9,2)5-16(13,14)15/h6-7H,3-5H2,1-2H3,(H,13,14,15)/t6?,7?,9-,10?/m1/s1. The fraction of sp³-hybridized carbons (Fsp3) is 0.900. The van der Waals surface area contributed by atoms with E-state index in [0.717, 1.165) is 6.42 Å². The summed E-state index contributed by atoms with van der Waals surface area (Å²) in [5, 5.41) is 0. The summed E-state index contributed by atoms with van der Waals surface area (Å²) in [5.74, 6) is -0.239. The Balaban J connectivity index is 2.47. The summed E-state index contributed by atoms with van der Waals surface area (Å²) in [5.41, 5.74) is -1.27. The Hall–Kier alpha value is 0.0600. The molecule has 2 saturated carbocycles. The number of carbonyl (C=O) groups is 1. The highest BCUT2D eigenvalue weighted by Crippen LogP contribution is 2.65. The first-order valence-electron chi connectivity index (χ1n) is 5.25. The average Bonchev–Trinajstić information content (AvgIpc) is 2.40. The highest BCUT2D eigenvalue weighted by Gasteiger charge is 2.68. The van der Waals surface area contributed by atoms with Crippen LogP contribution in [0.5, 0.6) is 0 Å². The molecule has 2 rings (SSSR count). The Labute approximate surface area is 104 Å². The van der Waals surface area contributed by atoms with E-state index < -0.39 is 20.9 Å². The fourth-order valence-corrected chi connectivity index (χ4v) is 6.11. The van der Waals surface area contributed by atoms with Crippen LogP contribution >= 0.6 is 15.9 Å². The number of fused-ring (bicyclic) bond motifs is 2. The molecule has 0 spiro atoms. The number of hydrogen-bond acceptors (Lipinski definition) is 3. The minimum atomic E-state index is -4.05. The van der Waals surface area contributed by atoms with Gasteiger partial charge in [-0.3, -0.25) is 9.35 Å². The topological polar surface area (TPSA) is 71.4 Å². The van der Waals surface area contributed by atoms with Crippen LogP contribution in [0.25, 0.3) is 0 Å². The third-order valence-electron chi connectivity index (χ3n) is 4.66. The van der Waals surface area contributed by atoms with Gasteiger partial charge in [-0.1, -0.05) is 29.8 Å². The smallest absolute Gasteiger partial charge is 0.265 e. The highest BCUT2D eigenvalue weighted by molar-refractivity contribution is 9.10. The van der Waals surface area contributed by atoms with Gasteiger partial charge in [0, 0.05) is 10.8 Å². The minimum Gasteiger partial charge on any atom is -0.298 e. The van der Waals surface area contributed by atoms with E-state index in [4.69, 9.17) is 4.55 Å². The molecule has 4 nitrogen and oxygen atoms in total. The van der Waals surface area contributed by atoms with Crippen molar-refractivity contribution in [2.75, 3.05) is 5.75 Å². The fourth-order valence-electron chi connectivity index (χ4n) is 3.46. The van der Waals surface area contributed by atoms with E-state index in [9.17, 15) is 13.2 Å². The summed E-state index contributed by atoms with van der Waals surface area (Å²) in [6.45, 7) is 3.62. The molecule has 0 aromatic rings. The van der Waals surface area contributed by atoms with Crippen LogP contribution in [0.1, 0.15) is 26.7 Å². The summed E-state index contributed by atoms with van der Waals surface area (Å²) >= 11 is 3.35. The number of carbonyl (C=O) groups excluding carboxylic acids is 1. The van der Waals surface area contributed by atoms with Crippen LogP contribution in [-0.2, 0) is 14.9 Å². The zero-order valence-corrected chi connectivity index (χ0v) is 11.6. The second-order valence-electron chi connectivity index (χ2n) is 5.39. The van der Waals surface area contributed by atoms with Gasteiger partial charge in [0.1, 0.15) is 0 Å². The average molecular weight is 311 g/mol. The predicted molar refractivity (Wildman–Crippen MR) is 63.1 cm³/mol. The molecule has 6 heteroatoms. The third kappa shape index (κ3) is 1.42. The summed E-state index contributed by atoms with van der Waals surface area (Å²) < 4.78 is 31.2. The van der Waals surface area contributed by atoms with Crippen molar-refractivity contribution in [3.8, 4) is 0 Å². The van der Waals surface area contributed by atoms with Gasteiger partial charge in [-0.25, -0.2) is 0 Å². The maximum Gasteiger partial charge on any atom is 0.265 e. The molecule has 2 aliphatic rings. The van der Waals surface area contributed by atoms with Crippen molar-refractivity contribution in [1.29, 1.82) is 0 Å². The number of hydrogen-bond donors (Lipinski definition) is 1. The lowest BCUT2D eigenvalue weighted by atomic mass is 9.70. The first-order chi connectivity index (χ1) is 7.12. The zero-order chi connectivity index (χ0) is 12.4. The summed E-state index contributed by atoms with van der Waals surface area (Å²) in [6.07, 6.45) is 1.55. The van der Waals surface area contributed by atoms with Crippen LogP contribution in [0.4, 0.5) is 0 Å². The van der Waals surface area contributed by atoms with Crippen molar-refractivity contribution in [3.05, 3.63) is 0 Å². The monoisotopic (exact) mass is 310 g/mol. The van der Waals surface area contributed by atoms with Gasteiger partial charge in [-0.05, 0) is 18.8 Å². The molecule has 0 aromatic heterocycles. The molecule has 0 aromatic carbocycles. The molecule has 2 bridgehead atoms. The molecule has 0 radical (unpaired) electrons. The minimum absolute atomic E-state index is 0.00641. The number of ketones is 1. The Morgan fingerprint density at radius 3 is 2.44 bits per heavy atom. The summed E-state index contributed by atoms with van der Waals surface area (Å²) in [7, 11) is -4.05. The largest absolute Gasteiger partial charge is 0.298 e. The van der Waals surface area contributed by atoms with Gasteiger partial charge in [-0.15, -0.1) is 0 Å². The number of rotatable bonds is 2. The quantitative estimate of drug-likeness (QED) is 0.622. The molecule has 16 heavy (non-hydrogen) atoms. The molecule has 3 unspecified atom stereocenters. The van der Waals surface area contributed by atoms with Crippen molar-refractivity contribution in [2.24, 2.45) is 16.7 Å². The van der Waals surface area contributed by atoms with Crippen molar-refractivity contribution in [1.82, 2.24) is 0 Å². The lowest BCUT2D eigenvalue weighted by molar-refractivity contribution is -0.127. The molecular weight excluding hydrogens is 296 g/mol. The molecule has 2 fully saturated rings. The van der Waals surface area contributed by atoms with Crippen LogP contribution in [0.15, 0.2) is 0 Å². The molecule has 0 aliphatic heterocycles. The number of halogens is 1. The SMILES string of the molecule is CC1(CS(=O)(=O)O)C2CC[C@]1(C)C(=O)C2Br. The van der Waals surface area contributed by atoms with Crippen LogP contribution in [0.3, 0.4) is 0 Å². The van der Waals surface area contributed by atoms with Crippen molar-refractivity contribution in [2.45, 2.75) is 31.5 Å². The van der Waals surface area contributed by atoms with Crippen molar-refractivity contribution >= 4 is 31.8 Å². The van der Waals surface area contributed by atoms with Gasteiger partial charge >= 0.3 is 0 Å². The lowest BCUT2D eigenvalue weighted by Gasteiger charge is -2.35. The number of alkyl halides is 1. The Morgan fingerprint density at radius 1 is 1.50 bits per heavy atom. The van der Waals surface area contributed by atoms with E-state index in [2.05, 4.69) is 15.9 Å². The molecular formula is C10H15BrO4S. The first-order valence-corrected chi connectivity index (χ1v) is 7.78. The Bertz CT molecular complexity index is 446. The zero-order valence-electron chi connectivity index (χ0n) is 9.23. The van der Waals surface area contributed by atoms with E-state index in [-0.39, 0.29) is 22.3 Å². The maximum absolute atomic E-state index is 12.1. The predicted octanol–water partition coefficient (Wildman–Crippen LogP) is 1.64. The van der Waals surface area contributed by atoms with Gasteiger partial charge in [0.25, 0.3) is 10.1 Å². The second-order valence-corrected chi connectivity index (χ2v) is 7.83. The van der Waals surface area contributed by atoms with Crippen LogP contribution in [0, 0.1) is 16.7 Å². The molecule has 0 heterocycles. The summed E-state index contributed by atoms with van der Waals surface area (Å²) in [6, 6.07) is 0. The van der Waals surface area contributed by atoms with E-state index in [0.29, 0.717) is 6.42 Å². The van der Waals surface area contributed by atoms with E-state index in [1.54, 1.807) is 6.92 Å². The van der Waals surface area contributed by atoms with Crippen molar-refractivity contribution < 1.29 is 17.8 Å². The van der Waals surface area contributed by atoms with Crippen molar-refractivity contribution in [3.63, 3.8) is 0 Å². The molecule has 2 aliphatic carbocycles. The van der Waals surface area contributed by atoms with Crippen LogP contribution in [-0.4, -0.2) is 29.3 Å². The summed E-state index contributed by atoms with van der Waals surface area (Å²) in [4.78, 5) is 11.8. The van der Waals surface area contributed by atoms with Gasteiger partial charge in [0.05, 0.1) is 10.6 Å². The van der Waals surface area contributed by atoms with E-state index in [1.807, 2.05) is 6.92 Å². The molecule has 0 amide bonds. The third-order valence-corrected chi connectivity index (χ3v) is 6.68. The van der Waals surface area contributed by atoms with E-state index >= 15 is 0 Å². The Morgan fingerprint density at radius 2 is 2.06 bits per heavy atom.